The maximum atomic E-state index is 13.3. The second-order valence-electron chi connectivity index (χ2n) is 11.4. The Kier molecular flexibility index (Phi) is 8.16. The van der Waals surface area contributed by atoms with Crippen molar-refractivity contribution in [2.24, 2.45) is 0 Å². The molecular weight excluding hydrogens is 599 g/mol. The number of imidazole rings is 1. The number of H-pyrrole nitrogens is 2. The highest BCUT2D eigenvalue weighted by molar-refractivity contribution is 6.32. The maximum absolute atomic E-state index is 13.3. The Morgan fingerprint density at radius 1 is 1.18 bits per heavy atom. The van der Waals surface area contributed by atoms with Crippen LogP contribution in [0.1, 0.15) is 46.3 Å². The van der Waals surface area contributed by atoms with Crippen LogP contribution in [0.4, 0.5) is 13.2 Å². The number of carbonyl (C=O) groups is 1. The molecule has 9 nitrogen and oxygen atoms in total. The van der Waals surface area contributed by atoms with Crippen molar-refractivity contribution in [1.82, 2.24) is 24.8 Å². The number of carbonyl (C=O) groups excluding carboxylic acids is 1. The number of aliphatic hydroxyl groups is 1. The lowest BCUT2D eigenvalue weighted by molar-refractivity contribution is -0.137. The zero-order valence-electron chi connectivity index (χ0n) is 23.9. The molecule has 4 aromatic rings. The minimum Gasteiger partial charge on any atom is -0.489 e. The number of alkyl halides is 3. The number of aromatic nitrogens is 3. The number of nitrogens with zero attached hydrogens (tertiary/aromatic N) is 3. The molecule has 0 unspecified atom stereocenters. The third-order valence-corrected chi connectivity index (χ3v) is 8.79. The minimum absolute atomic E-state index is 0.00174. The van der Waals surface area contributed by atoms with Crippen molar-refractivity contribution >= 4 is 28.5 Å². The van der Waals surface area contributed by atoms with Gasteiger partial charge in [0.05, 0.1) is 33.3 Å². The molecule has 1 saturated heterocycles. The first-order chi connectivity index (χ1) is 21.0. The van der Waals surface area contributed by atoms with E-state index < -0.39 is 22.9 Å². The quantitative estimate of drug-likeness (QED) is 0.252. The van der Waals surface area contributed by atoms with Crippen molar-refractivity contribution in [2.45, 2.75) is 50.6 Å². The van der Waals surface area contributed by atoms with Crippen molar-refractivity contribution in [3.05, 3.63) is 80.2 Å². The second kappa shape index (κ2) is 11.9. The molecule has 0 aliphatic carbocycles. The smallest absolute Gasteiger partial charge is 0.417 e. The Labute approximate surface area is 255 Å². The summed E-state index contributed by atoms with van der Waals surface area (Å²) in [5, 5.41) is 9.97. The number of piperidine rings is 1. The summed E-state index contributed by atoms with van der Waals surface area (Å²) in [6.07, 6.45) is -1.89. The molecule has 0 bridgehead atoms. The number of ether oxygens (including phenoxy) is 1. The van der Waals surface area contributed by atoms with Gasteiger partial charge in [-0.25, -0.2) is 4.98 Å². The predicted molar refractivity (Wildman–Crippen MR) is 159 cm³/mol. The summed E-state index contributed by atoms with van der Waals surface area (Å²) < 4.78 is 44.8. The summed E-state index contributed by atoms with van der Waals surface area (Å²) in [5.74, 6) is 0.156. The molecule has 13 heteroatoms. The predicted octanol–water partition coefficient (Wildman–Crippen LogP) is 5.01. The molecule has 2 aliphatic heterocycles. The molecular formula is C31H31ClF3N5O4. The molecule has 1 amide bonds. The van der Waals surface area contributed by atoms with Gasteiger partial charge in [-0.15, -0.1) is 0 Å². The van der Waals surface area contributed by atoms with Gasteiger partial charge in [0.25, 0.3) is 11.5 Å². The number of benzene rings is 2. The molecule has 0 radical (unpaired) electrons. The Bertz CT molecular complexity index is 1760. The zero-order valence-corrected chi connectivity index (χ0v) is 24.6. The number of hydrogen-bond donors (Lipinski definition) is 3. The highest BCUT2D eigenvalue weighted by Gasteiger charge is 2.35. The summed E-state index contributed by atoms with van der Waals surface area (Å²) in [5.41, 5.74) is 2.34. The van der Waals surface area contributed by atoms with Crippen LogP contribution in [0, 0.1) is 0 Å². The summed E-state index contributed by atoms with van der Waals surface area (Å²) in [7, 11) is 2.09. The van der Waals surface area contributed by atoms with Crippen LogP contribution in [0.25, 0.3) is 22.4 Å². The van der Waals surface area contributed by atoms with Crippen LogP contribution in [0.5, 0.6) is 5.75 Å². The zero-order chi connectivity index (χ0) is 31.2. The van der Waals surface area contributed by atoms with E-state index in [1.807, 2.05) is 11.0 Å². The van der Waals surface area contributed by atoms with E-state index in [1.54, 1.807) is 12.1 Å². The highest BCUT2D eigenvalue weighted by Crippen LogP contribution is 2.39. The van der Waals surface area contributed by atoms with Gasteiger partial charge in [0, 0.05) is 24.3 Å². The highest BCUT2D eigenvalue weighted by atomic mass is 35.5. The lowest BCUT2D eigenvalue weighted by atomic mass is 10.0. The molecule has 0 spiro atoms. The number of halogens is 4. The minimum atomic E-state index is -4.63. The van der Waals surface area contributed by atoms with Crippen LogP contribution >= 0.6 is 11.6 Å². The van der Waals surface area contributed by atoms with E-state index >= 15 is 0 Å². The molecule has 1 atom stereocenters. The first-order valence-electron chi connectivity index (χ1n) is 14.4. The van der Waals surface area contributed by atoms with E-state index in [0.717, 1.165) is 37.6 Å². The number of pyridine rings is 1. The average Bonchev–Trinajstić information content (AvgIpc) is 3.53. The summed E-state index contributed by atoms with van der Waals surface area (Å²) >= 11 is 5.88. The fourth-order valence-electron chi connectivity index (χ4n) is 5.98. The van der Waals surface area contributed by atoms with Gasteiger partial charge in [-0.05, 0) is 87.3 Å². The van der Waals surface area contributed by atoms with E-state index in [2.05, 4.69) is 26.9 Å². The summed E-state index contributed by atoms with van der Waals surface area (Å²) in [6.45, 7) is 2.16. The monoisotopic (exact) mass is 629 g/mol. The van der Waals surface area contributed by atoms with Gasteiger partial charge in [-0.2, -0.15) is 13.2 Å². The van der Waals surface area contributed by atoms with Gasteiger partial charge < -0.3 is 29.6 Å². The molecule has 232 valence electrons. The number of aryl methyl sites for hydroxylation is 1. The van der Waals surface area contributed by atoms with Gasteiger partial charge in [-0.1, -0.05) is 17.7 Å². The van der Waals surface area contributed by atoms with E-state index in [0.29, 0.717) is 40.1 Å². The number of likely N-dealkylation sites (tertiary alicyclic amines) is 1. The third-order valence-electron chi connectivity index (χ3n) is 8.40. The first-order valence-corrected chi connectivity index (χ1v) is 14.8. The molecule has 6 rings (SSSR count). The Morgan fingerprint density at radius 2 is 1.95 bits per heavy atom. The molecule has 2 aromatic carbocycles. The van der Waals surface area contributed by atoms with Crippen molar-refractivity contribution in [1.29, 1.82) is 0 Å². The normalized spacial score (nSPS) is 17.0. The second-order valence-corrected chi connectivity index (χ2v) is 11.8. The molecule has 2 aromatic heterocycles. The number of fused-ring (bicyclic) bond motifs is 2. The summed E-state index contributed by atoms with van der Waals surface area (Å²) in [6, 6.07) is 8.96. The fourth-order valence-corrected chi connectivity index (χ4v) is 6.27. The number of hydrogen-bond acceptors (Lipinski definition) is 6. The largest absolute Gasteiger partial charge is 0.489 e. The summed E-state index contributed by atoms with van der Waals surface area (Å²) in [4.78, 5) is 41.0. The van der Waals surface area contributed by atoms with Crippen molar-refractivity contribution in [2.75, 3.05) is 26.7 Å². The molecule has 2 aliphatic rings. The Balaban J connectivity index is 1.16. The van der Waals surface area contributed by atoms with Gasteiger partial charge in [0.1, 0.15) is 18.2 Å². The van der Waals surface area contributed by atoms with Crippen molar-refractivity contribution < 1.29 is 27.8 Å². The first kappa shape index (κ1) is 30.2. The van der Waals surface area contributed by atoms with E-state index in [9.17, 15) is 27.9 Å². The van der Waals surface area contributed by atoms with Crippen LogP contribution in [-0.4, -0.2) is 74.7 Å². The lowest BCUT2D eigenvalue weighted by Gasteiger charge is -2.34. The topological polar surface area (TPSA) is 115 Å². The van der Waals surface area contributed by atoms with Crippen molar-refractivity contribution in [3.63, 3.8) is 0 Å². The Hall–Kier alpha value is -3.87. The standard InChI is InChI=1S/C31H31ClF3N5O4/c1-39-11-8-19(9-12-39)40-15-18-13-23-24(14-21(18)30(40)43)38-28(37-23)26-17(7-10-36-29(26)42)5-6-20(41)16-44-25-4-2-3-22(27(25)32)31(33,34)35/h2-4,7,10,13-14,19-20,41H,5-6,8-9,11-12,15-16H2,1H3,(H,36,42)(H,37,38)/t20-/m1/s1. The van der Waals surface area contributed by atoms with Crippen LogP contribution < -0.4 is 10.3 Å². The molecule has 4 heterocycles. The number of rotatable bonds is 8. The maximum Gasteiger partial charge on any atom is 0.417 e. The van der Waals surface area contributed by atoms with Crippen LogP contribution in [0.2, 0.25) is 5.02 Å². The fraction of sp³-hybridized carbons (Fsp3) is 0.387. The lowest BCUT2D eigenvalue weighted by Crippen LogP contribution is -2.43. The third kappa shape index (κ3) is 5.93. The number of aromatic amines is 2. The van der Waals surface area contributed by atoms with Gasteiger partial charge >= 0.3 is 6.18 Å². The number of aliphatic hydroxyl groups excluding tert-OH is 1. The van der Waals surface area contributed by atoms with Gasteiger partial charge in [0.2, 0.25) is 0 Å². The van der Waals surface area contributed by atoms with Gasteiger partial charge in [0.15, 0.2) is 0 Å². The number of nitrogens with one attached hydrogen (secondary N) is 2. The molecule has 1 fully saturated rings. The number of amides is 1. The SMILES string of the molecule is CN1CCC(N2Cc3cc4[nH]c(-c5c(CC[C@@H](O)COc6cccc(C(F)(F)F)c6Cl)cc[nH]c5=O)nc4cc3C2=O)CC1. The molecule has 3 N–H and O–H groups in total. The Morgan fingerprint density at radius 3 is 2.70 bits per heavy atom. The molecule has 0 saturated carbocycles. The van der Waals surface area contributed by atoms with Crippen LogP contribution in [-0.2, 0) is 19.1 Å². The van der Waals surface area contributed by atoms with Crippen LogP contribution in [0.15, 0.2) is 47.4 Å². The van der Waals surface area contributed by atoms with Gasteiger partial charge in [-0.3, -0.25) is 9.59 Å². The van der Waals surface area contributed by atoms with Crippen molar-refractivity contribution in [3.8, 4) is 17.1 Å². The average molecular weight is 630 g/mol. The van der Waals surface area contributed by atoms with E-state index in [1.165, 1.54) is 18.3 Å². The van der Waals surface area contributed by atoms with E-state index in [-0.39, 0.29) is 42.7 Å². The van der Waals surface area contributed by atoms with E-state index in [4.69, 9.17) is 16.3 Å². The van der Waals surface area contributed by atoms with Crippen LogP contribution in [0.3, 0.4) is 0 Å². The molecule has 44 heavy (non-hydrogen) atoms.